The Morgan fingerprint density at radius 2 is 2.00 bits per heavy atom. The zero-order valence-corrected chi connectivity index (χ0v) is 12.7. The largest absolute Gasteiger partial charge is 0.497 e. The Morgan fingerprint density at radius 3 is 2.76 bits per heavy atom. The Morgan fingerprint density at radius 1 is 1.19 bits per heavy atom. The van der Waals surface area contributed by atoms with Crippen molar-refractivity contribution in [2.24, 2.45) is 0 Å². The molecule has 2 aromatic rings. The number of amides is 1. The molecule has 110 valence electrons. The van der Waals surface area contributed by atoms with Gasteiger partial charge in [0.05, 0.1) is 13.5 Å². The summed E-state index contributed by atoms with van der Waals surface area (Å²) in [6, 6.07) is 15.2. The van der Waals surface area contributed by atoms with Gasteiger partial charge in [0.15, 0.2) is 0 Å². The van der Waals surface area contributed by atoms with Gasteiger partial charge in [-0.1, -0.05) is 41.9 Å². The number of hydrogen-bond acceptors (Lipinski definition) is 2. The van der Waals surface area contributed by atoms with Crippen LogP contribution < -0.4 is 10.1 Å². The maximum absolute atomic E-state index is 11.9. The molecule has 2 rings (SSSR count). The van der Waals surface area contributed by atoms with Crippen molar-refractivity contribution in [3.8, 4) is 5.75 Å². The minimum absolute atomic E-state index is 0.0222. The molecule has 0 heterocycles. The van der Waals surface area contributed by atoms with E-state index in [0.29, 0.717) is 18.0 Å². The summed E-state index contributed by atoms with van der Waals surface area (Å²) in [6.45, 7) is 0.594. The van der Waals surface area contributed by atoms with E-state index >= 15 is 0 Å². The molecule has 0 saturated carbocycles. The normalized spacial score (nSPS) is 10.2. The SMILES string of the molecule is COc1cccc(CCNC(=O)Cc2ccccc2Cl)c1. The van der Waals surface area contributed by atoms with Gasteiger partial charge >= 0.3 is 0 Å². The van der Waals surface area contributed by atoms with Gasteiger partial charge in [-0.2, -0.15) is 0 Å². The number of carbonyl (C=O) groups is 1. The maximum atomic E-state index is 11.9. The number of halogens is 1. The van der Waals surface area contributed by atoms with Gasteiger partial charge in [0, 0.05) is 11.6 Å². The third kappa shape index (κ3) is 4.80. The van der Waals surface area contributed by atoms with Gasteiger partial charge in [0.2, 0.25) is 5.91 Å². The van der Waals surface area contributed by atoms with E-state index in [2.05, 4.69) is 5.32 Å². The molecule has 4 heteroatoms. The van der Waals surface area contributed by atoms with Crippen molar-refractivity contribution >= 4 is 17.5 Å². The van der Waals surface area contributed by atoms with Crippen LogP contribution in [-0.4, -0.2) is 19.6 Å². The maximum Gasteiger partial charge on any atom is 0.224 e. The van der Waals surface area contributed by atoms with Crippen molar-refractivity contribution in [2.75, 3.05) is 13.7 Å². The summed E-state index contributed by atoms with van der Waals surface area (Å²) in [4.78, 5) is 11.9. The lowest BCUT2D eigenvalue weighted by Crippen LogP contribution is -2.27. The van der Waals surface area contributed by atoms with E-state index in [-0.39, 0.29) is 5.91 Å². The summed E-state index contributed by atoms with van der Waals surface area (Å²) in [5.74, 6) is 0.806. The highest BCUT2D eigenvalue weighted by Gasteiger charge is 2.06. The second-order valence-electron chi connectivity index (χ2n) is 4.72. The molecule has 0 saturated heterocycles. The molecule has 0 aromatic heterocycles. The van der Waals surface area contributed by atoms with Gasteiger partial charge in [-0.3, -0.25) is 4.79 Å². The summed E-state index contributed by atoms with van der Waals surface area (Å²) < 4.78 is 5.17. The third-order valence-corrected chi connectivity index (χ3v) is 3.55. The van der Waals surface area contributed by atoms with Crippen LogP contribution in [0.2, 0.25) is 5.02 Å². The van der Waals surface area contributed by atoms with Crippen molar-refractivity contribution < 1.29 is 9.53 Å². The number of methoxy groups -OCH3 is 1. The van der Waals surface area contributed by atoms with Crippen molar-refractivity contribution in [1.82, 2.24) is 5.32 Å². The number of hydrogen-bond donors (Lipinski definition) is 1. The van der Waals surface area contributed by atoms with E-state index in [0.717, 1.165) is 23.3 Å². The number of nitrogens with one attached hydrogen (secondary N) is 1. The fourth-order valence-electron chi connectivity index (χ4n) is 2.05. The average molecular weight is 304 g/mol. The van der Waals surface area contributed by atoms with Crippen LogP contribution in [0.25, 0.3) is 0 Å². The minimum Gasteiger partial charge on any atom is -0.497 e. The van der Waals surface area contributed by atoms with Gasteiger partial charge in [0.1, 0.15) is 5.75 Å². The summed E-state index contributed by atoms with van der Waals surface area (Å²) in [5.41, 5.74) is 1.98. The Kier molecular flexibility index (Phi) is 5.64. The molecule has 2 aromatic carbocycles. The predicted octanol–water partition coefficient (Wildman–Crippen LogP) is 3.25. The van der Waals surface area contributed by atoms with Crippen LogP contribution >= 0.6 is 11.6 Å². The van der Waals surface area contributed by atoms with Crippen molar-refractivity contribution in [3.05, 3.63) is 64.7 Å². The van der Waals surface area contributed by atoms with Gasteiger partial charge in [-0.25, -0.2) is 0 Å². The zero-order valence-electron chi connectivity index (χ0n) is 11.9. The molecular weight excluding hydrogens is 286 g/mol. The quantitative estimate of drug-likeness (QED) is 0.889. The van der Waals surface area contributed by atoms with Gasteiger partial charge in [-0.15, -0.1) is 0 Å². The second kappa shape index (κ2) is 7.70. The molecule has 0 unspecified atom stereocenters. The first-order valence-electron chi connectivity index (χ1n) is 6.82. The molecular formula is C17H18ClNO2. The molecule has 21 heavy (non-hydrogen) atoms. The van der Waals surface area contributed by atoms with Crippen LogP contribution in [0.1, 0.15) is 11.1 Å². The van der Waals surface area contributed by atoms with Crippen LogP contribution in [-0.2, 0) is 17.6 Å². The van der Waals surface area contributed by atoms with Crippen LogP contribution in [0.3, 0.4) is 0 Å². The van der Waals surface area contributed by atoms with Crippen molar-refractivity contribution in [2.45, 2.75) is 12.8 Å². The molecule has 0 bridgehead atoms. The molecule has 0 radical (unpaired) electrons. The zero-order chi connectivity index (χ0) is 15.1. The average Bonchev–Trinajstić information content (AvgIpc) is 2.50. The lowest BCUT2D eigenvalue weighted by atomic mass is 10.1. The Balaban J connectivity index is 1.80. The number of carbonyl (C=O) groups excluding carboxylic acids is 1. The fraction of sp³-hybridized carbons (Fsp3) is 0.235. The molecule has 0 fully saturated rings. The molecule has 0 aliphatic carbocycles. The van der Waals surface area contributed by atoms with Crippen LogP contribution in [0.4, 0.5) is 0 Å². The van der Waals surface area contributed by atoms with E-state index in [1.807, 2.05) is 42.5 Å². The smallest absolute Gasteiger partial charge is 0.224 e. The minimum atomic E-state index is -0.0222. The standard InChI is InChI=1S/C17H18ClNO2/c1-21-15-7-4-5-13(11-15)9-10-19-17(20)12-14-6-2-3-8-16(14)18/h2-8,11H,9-10,12H2,1H3,(H,19,20). The first-order valence-corrected chi connectivity index (χ1v) is 7.20. The Hall–Kier alpha value is -2.00. The highest BCUT2D eigenvalue weighted by atomic mass is 35.5. The van der Waals surface area contributed by atoms with Crippen molar-refractivity contribution in [3.63, 3.8) is 0 Å². The number of benzene rings is 2. The highest BCUT2D eigenvalue weighted by molar-refractivity contribution is 6.31. The van der Waals surface area contributed by atoms with E-state index in [4.69, 9.17) is 16.3 Å². The van der Waals surface area contributed by atoms with Gasteiger partial charge in [-0.05, 0) is 35.7 Å². The van der Waals surface area contributed by atoms with E-state index in [9.17, 15) is 4.79 Å². The monoisotopic (exact) mass is 303 g/mol. The third-order valence-electron chi connectivity index (χ3n) is 3.18. The number of rotatable bonds is 6. The predicted molar refractivity (Wildman–Crippen MR) is 84.9 cm³/mol. The van der Waals surface area contributed by atoms with E-state index < -0.39 is 0 Å². The first kappa shape index (κ1) is 15.4. The molecule has 0 spiro atoms. The molecule has 0 aliphatic heterocycles. The van der Waals surface area contributed by atoms with Gasteiger partial charge in [0.25, 0.3) is 0 Å². The number of ether oxygens (including phenoxy) is 1. The topological polar surface area (TPSA) is 38.3 Å². The first-order chi connectivity index (χ1) is 10.2. The highest BCUT2D eigenvalue weighted by Crippen LogP contribution is 2.15. The molecule has 1 N–H and O–H groups in total. The summed E-state index contributed by atoms with van der Waals surface area (Å²) in [7, 11) is 1.64. The lowest BCUT2D eigenvalue weighted by Gasteiger charge is -2.07. The lowest BCUT2D eigenvalue weighted by molar-refractivity contribution is -0.120. The molecule has 0 aliphatic rings. The Bertz CT molecular complexity index is 613. The summed E-state index contributed by atoms with van der Waals surface area (Å²) >= 11 is 6.04. The summed E-state index contributed by atoms with van der Waals surface area (Å²) in [6.07, 6.45) is 1.07. The van der Waals surface area contributed by atoms with E-state index in [1.165, 1.54) is 0 Å². The van der Waals surface area contributed by atoms with Crippen molar-refractivity contribution in [1.29, 1.82) is 0 Å². The fourth-order valence-corrected chi connectivity index (χ4v) is 2.25. The van der Waals surface area contributed by atoms with E-state index in [1.54, 1.807) is 13.2 Å². The second-order valence-corrected chi connectivity index (χ2v) is 5.13. The van der Waals surface area contributed by atoms with Crippen LogP contribution in [0, 0.1) is 0 Å². The van der Waals surface area contributed by atoms with Gasteiger partial charge < -0.3 is 10.1 Å². The van der Waals surface area contributed by atoms with Crippen LogP contribution in [0.15, 0.2) is 48.5 Å². The Labute approximate surface area is 129 Å². The molecule has 3 nitrogen and oxygen atoms in total. The summed E-state index contributed by atoms with van der Waals surface area (Å²) in [5, 5.41) is 3.53. The molecule has 1 amide bonds. The molecule has 0 atom stereocenters. The van der Waals surface area contributed by atoms with Crippen LogP contribution in [0.5, 0.6) is 5.75 Å².